The Bertz CT molecular complexity index is 2630. The van der Waals surface area contributed by atoms with Gasteiger partial charge in [-0.1, -0.05) is 248 Å². The first-order valence-electron chi connectivity index (χ1n) is 35.7. The van der Waals surface area contributed by atoms with Crippen LogP contribution in [-0.2, 0) is 65.4 Å². The van der Waals surface area contributed by atoms with Crippen molar-refractivity contribution in [2.75, 3.05) is 39.6 Å². The zero-order chi connectivity index (χ0) is 71.8. The molecule has 0 aliphatic rings. The van der Waals surface area contributed by atoms with Crippen molar-refractivity contribution in [3.63, 3.8) is 0 Å². The fraction of sp³-hybridized carbons (Fsp3) is 0.544. The number of phosphoric ester groups is 2. The molecule has 17 nitrogen and oxygen atoms in total. The third-order valence-corrected chi connectivity index (χ3v) is 15.5. The van der Waals surface area contributed by atoms with Gasteiger partial charge < -0.3 is 33.8 Å². The molecular weight excluding hydrogens is 1280 g/mol. The van der Waals surface area contributed by atoms with Crippen molar-refractivity contribution >= 4 is 39.5 Å². The van der Waals surface area contributed by atoms with Crippen LogP contribution in [0.15, 0.2) is 194 Å². The number of hydrogen-bond acceptors (Lipinski definition) is 15. The minimum atomic E-state index is -5.03. The molecular formula is C79H122O17P2. The summed E-state index contributed by atoms with van der Waals surface area (Å²) in [4.78, 5) is 72.5. The fourth-order valence-electron chi connectivity index (χ4n) is 8.28. The molecule has 98 heavy (non-hydrogen) atoms. The third-order valence-electron chi connectivity index (χ3n) is 13.6. The van der Waals surface area contributed by atoms with Crippen molar-refractivity contribution in [2.45, 2.75) is 239 Å². The largest absolute Gasteiger partial charge is 0.472 e. The summed E-state index contributed by atoms with van der Waals surface area (Å²) in [5, 5.41) is 10.6. The number of phosphoric acid groups is 2. The monoisotopic (exact) mass is 1400 g/mol. The lowest BCUT2D eigenvalue weighted by Crippen LogP contribution is -2.30. The molecule has 5 unspecified atom stereocenters. The van der Waals surface area contributed by atoms with Gasteiger partial charge in [0.2, 0.25) is 0 Å². The average Bonchev–Trinajstić information content (AvgIpc) is 1.04. The van der Waals surface area contributed by atoms with Crippen LogP contribution in [0.2, 0.25) is 0 Å². The second-order valence-electron chi connectivity index (χ2n) is 22.7. The lowest BCUT2D eigenvalue weighted by molar-refractivity contribution is -0.161. The Labute approximate surface area is 589 Å². The van der Waals surface area contributed by atoms with Crippen molar-refractivity contribution in [3.8, 4) is 0 Å². The van der Waals surface area contributed by atoms with Gasteiger partial charge in [0.15, 0.2) is 12.2 Å². The Kier molecular flexibility index (Phi) is 65.1. The molecule has 0 aromatic carbocycles. The maximum atomic E-state index is 13.0. The van der Waals surface area contributed by atoms with E-state index < -0.39 is 97.5 Å². The summed E-state index contributed by atoms with van der Waals surface area (Å²) in [5.74, 6) is -2.57. The molecule has 0 heterocycles. The molecule has 0 saturated carbocycles. The van der Waals surface area contributed by atoms with Crippen LogP contribution >= 0.6 is 15.6 Å². The molecule has 0 aliphatic heterocycles. The van der Waals surface area contributed by atoms with Gasteiger partial charge in [-0.05, 0) is 141 Å². The molecule has 5 atom stereocenters. The number of ether oxygens (including phenoxy) is 4. The molecule has 550 valence electrons. The van der Waals surface area contributed by atoms with Crippen LogP contribution in [-0.4, -0.2) is 96.7 Å². The molecule has 0 saturated heterocycles. The first-order valence-corrected chi connectivity index (χ1v) is 38.7. The number of carbonyl (C=O) groups is 4. The highest BCUT2D eigenvalue weighted by Crippen LogP contribution is 2.45. The van der Waals surface area contributed by atoms with Crippen LogP contribution in [0, 0.1) is 0 Å². The van der Waals surface area contributed by atoms with Crippen LogP contribution in [0.25, 0.3) is 0 Å². The van der Waals surface area contributed by atoms with Gasteiger partial charge in [-0.3, -0.25) is 37.3 Å². The Morgan fingerprint density at radius 2 is 0.582 bits per heavy atom. The maximum Gasteiger partial charge on any atom is 0.472 e. The zero-order valence-electron chi connectivity index (χ0n) is 59.6. The summed E-state index contributed by atoms with van der Waals surface area (Å²) in [5.41, 5.74) is 0. The van der Waals surface area contributed by atoms with E-state index in [0.29, 0.717) is 25.7 Å². The van der Waals surface area contributed by atoms with E-state index in [1.54, 1.807) is 24.3 Å². The van der Waals surface area contributed by atoms with Crippen LogP contribution in [0.5, 0.6) is 0 Å². The topological polar surface area (TPSA) is 237 Å². The van der Waals surface area contributed by atoms with Crippen molar-refractivity contribution in [3.05, 3.63) is 194 Å². The van der Waals surface area contributed by atoms with Gasteiger partial charge in [0.1, 0.15) is 19.3 Å². The Morgan fingerprint density at radius 1 is 0.306 bits per heavy atom. The Hall–Kier alpha value is -6.10. The van der Waals surface area contributed by atoms with Gasteiger partial charge in [0.05, 0.1) is 39.3 Å². The summed E-state index contributed by atoms with van der Waals surface area (Å²) in [7, 11) is -10.0. The summed E-state index contributed by atoms with van der Waals surface area (Å²) in [6.45, 7) is 4.09. The SMILES string of the molecule is CC/C=C\C/C=C\C/C=C\C/C=C\C/C=C\CC(=O)OCC(COP(=O)(O)OCC(O)COP(=O)(O)OCC(COC(=O)CCCC/C=C\C/C=C\C/C=C\C/C=C\CC)OC(=O)CCCCCCC/C=C\C/C=C\CCC)OC(=O)C/C=C\C/C=C\C/C=C\C/C=C\C/C=C\CC. The summed E-state index contributed by atoms with van der Waals surface area (Å²) in [6, 6.07) is 0. The molecule has 0 fully saturated rings. The van der Waals surface area contributed by atoms with Gasteiger partial charge >= 0.3 is 39.5 Å². The van der Waals surface area contributed by atoms with Crippen LogP contribution in [0.1, 0.15) is 220 Å². The molecule has 0 rings (SSSR count). The van der Waals surface area contributed by atoms with Crippen molar-refractivity contribution in [2.24, 2.45) is 0 Å². The average molecular weight is 1410 g/mol. The predicted octanol–water partition coefficient (Wildman–Crippen LogP) is 20.2. The molecule has 0 radical (unpaired) electrons. The first-order chi connectivity index (χ1) is 47.7. The molecule has 19 heteroatoms. The fourth-order valence-corrected chi connectivity index (χ4v) is 9.86. The third kappa shape index (κ3) is 68.4. The second kappa shape index (κ2) is 69.4. The smallest absolute Gasteiger partial charge is 0.462 e. The Balaban J connectivity index is 5.56. The molecule has 3 N–H and O–H groups in total. The Morgan fingerprint density at radius 3 is 0.969 bits per heavy atom. The van der Waals surface area contributed by atoms with Crippen molar-refractivity contribution < 1.29 is 80.2 Å². The number of rotatable bonds is 64. The number of aliphatic hydroxyl groups excluding tert-OH is 1. The van der Waals surface area contributed by atoms with E-state index in [1.807, 2.05) is 24.3 Å². The zero-order valence-corrected chi connectivity index (χ0v) is 61.4. The molecule has 0 amide bonds. The maximum absolute atomic E-state index is 13.0. The van der Waals surface area contributed by atoms with E-state index >= 15 is 0 Å². The highest BCUT2D eigenvalue weighted by Gasteiger charge is 2.30. The van der Waals surface area contributed by atoms with Crippen LogP contribution < -0.4 is 0 Å². The summed E-state index contributed by atoms with van der Waals surface area (Å²) < 4.78 is 68.0. The number of aliphatic hydroxyl groups is 1. The minimum Gasteiger partial charge on any atom is -0.462 e. The highest BCUT2D eigenvalue weighted by molar-refractivity contribution is 7.47. The van der Waals surface area contributed by atoms with Gasteiger partial charge in [0.25, 0.3) is 0 Å². The van der Waals surface area contributed by atoms with Gasteiger partial charge in [0, 0.05) is 12.8 Å². The molecule has 0 aromatic rings. The quantitative estimate of drug-likeness (QED) is 0.0169. The second-order valence-corrected chi connectivity index (χ2v) is 25.6. The number of allylic oxidation sites excluding steroid dienone is 30. The van der Waals surface area contributed by atoms with E-state index in [9.17, 15) is 43.2 Å². The van der Waals surface area contributed by atoms with Gasteiger partial charge in [-0.2, -0.15) is 0 Å². The first kappa shape index (κ1) is 91.9. The van der Waals surface area contributed by atoms with Crippen molar-refractivity contribution in [1.82, 2.24) is 0 Å². The van der Waals surface area contributed by atoms with E-state index in [4.69, 9.17) is 37.0 Å². The van der Waals surface area contributed by atoms with E-state index in [2.05, 4.69) is 174 Å². The summed E-state index contributed by atoms with van der Waals surface area (Å²) in [6.07, 6.45) is 83.7. The molecule has 0 aliphatic carbocycles. The minimum absolute atomic E-state index is 0.0567. The van der Waals surface area contributed by atoms with Crippen LogP contribution in [0.4, 0.5) is 0 Å². The highest BCUT2D eigenvalue weighted by atomic mass is 31.2. The van der Waals surface area contributed by atoms with E-state index in [-0.39, 0.29) is 25.7 Å². The van der Waals surface area contributed by atoms with E-state index in [1.165, 1.54) is 0 Å². The lowest BCUT2D eigenvalue weighted by atomic mass is 10.1. The number of hydrogen-bond donors (Lipinski definition) is 3. The van der Waals surface area contributed by atoms with Gasteiger partial charge in [-0.25, -0.2) is 9.13 Å². The number of carbonyl (C=O) groups excluding carboxylic acids is 4. The molecule has 0 spiro atoms. The van der Waals surface area contributed by atoms with Gasteiger partial charge in [-0.15, -0.1) is 0 Å². The standard InChI is InChI=1S/C79H122O17P2/c1-5-9-13-17-21-25-29-33-36-40-43-47-51-55-59-63-76(81)89-69-74(95-78(83)65-61-57-53-49-45-39-32-28-24-20-16-12-8-4)71-93-97(85,86)91-67-73(80)68-92-98(87,88)94-72-75(96-79(84)66-62-58-54-50-46-42-38-35-31-27-23-19-15-11-7-3)70-90-77(82)64-60-56-52-48-44-41-37-34-30-26-22-18-14-10-6-2/h9-11,13-16,20-23,25-28,32-38,43-44,46-48,50,56,58,60,62,73-75,80H,5-8,12,17-19,24,29-31,39-42,45,49,51-55,57,59,61,63-72H2,1-4H3,(H,85,86)(H,87,88)/b13-9-,14-10-,15-11-,20-16-,25-21-,26-22-,27-23-,32-28-,36-33-,37-34-,38-35-,47-43-,48-44-,50-46-,60-56-,62-58-. The van der Waals surface area contributed by atoms with Crippen molar-refractivity contribution in [1.29, 1.82) is 0 Å². The predicted molar refractivity (Wildman–Crippen MR) is 399 cm³/mol. The number of unbranched alkanes of at least 4 members (excludes halogenated alkanes) is 8. The molecule has 0 aromatic heterocycles. The molecule has 0 bridgehead atoms. The normalized spacial score (nSPS) is 15.1. The summed E-state index contributed by atoms with van der Waals surface area (Å²) >= 11 is 0. The lowest BCUT2D eigenvalue weighted by Gasteiger charge is -2.21. The van der Waals surface area contributed by atoms with Crippen LogP contribution in [0.3, 0.4) is 0 Å². The number of esters is 4. The van der Waals surface area contributed by atoms with E-state index in [0.717, 1.165) is 141 Å².